The molecule has 183 valence electrons. The van der Waals surface area contributed by atoms with Gasteiger partial charge in [0.05, 0.1) is 19.1 Å². The second-order valence-corrected chi connectivity index (χ2v) is 8.90. The summed E-state index contributed by atoms with van der Waals surface area (Å²) >= 11 is 0. The zero-order chi connectivity index (χ0) is 23.2. The lowest BCUT2D eigenvalue weighted by Gasteiger charge is -2.19. The number of aliphatic hydroxyl groups is 1. The van der Waals surface area contributed by atoms with Crippen LogP contribution in [-0.4, -0.2) is 35.7 Å². The van der Waals surface area contributed by atoms with Gasteiger partial charge in [-0.25, -0.2) is 0 Å². The van der Waals surface area contributed by atoms with E-state index in [0.717, 1.165) is 32.1 Å². The lowest BCUT2D eigenvalue weighted by Crippen LogP contribution is -2.37. The highest BCUT2D eigenvalue weighted by atomic mass is 16.5. The maximum absolute atomic E-state index is 12.3. The second kappa shape index (κ2) is 22.1. The number of aliphatic hydroxyl groups excluding tert-OH is 1. The minimum absolute atomic E-state index is 0.144. The number of carbonyl (C=O) groups is 2. The summed E-state index contributed by atoms with van der Waals surface area (Å²) in [6.45, 7) is 7.89. The molecule has 0 fully saturated rings. The molecule has 1 amide bonds. The fraction of sp³-hybridized carbons (Fsp3) is 0.885. The second-order valence-electron chi connectivity index (χ2n) is 8.90. The van der Waals surface area contributed by atoms with E-state index in [4.69, 9.17) is 9.84 Å². The van der Waals surface area contributed by atoms with Crippen LogP contribution in [0.3, 0.4) is 0 Å². The number of hydrogen-bond donors (Lipinski definition) is 2. The van der Waals surface area contributed by atoms with Crippen molar-refractivity contribution in [3.05, 3.63) is 6.92 Å². The van der Waals surface area contributed by atoms with Crippen molar-refractivity contribution in [2.45, 2.75) is 142 Å². The van der Waals surface area contributed by atoms with E-state index in [0.29, 0.717) is 12.8 Å². The van der Waals surface area contributed by atoms with E-state index in [1.165, 1.54) is 64.2 Å². The van der Waals surface area contributed by atoms with Gasteiger partial charge < -0.3 is 15.2 Å². The van der Waals surface area contributed by atoms with Gasteiger partial charge in [-0.15, -0.1) is 0 Å². The van der Waals surface area contributed by atoms with Crippen LogP contribution < -0.4 is 5.32 Å². The van der Waals surface area contributed by atoms with E-state index >= 15 is 0 Å². The summed E-state index contributed by atoms with van der Waals surface area (Å²) in [4.78, 5) is 24.4. The average Bonchev–Trinajstić information content (AvgIpc) is 2.74. The van der Waals surface area contributed by atoms with Crippen LogP contribution in [0.2, 0.25) is 0 Å². The smallest absolute Gasteiger partial charge is 0.306 e. The summed E-state index contributed by atoms with van der Waals surface area (Å²) in [7, 11) is 0. The molecule has 0 aromatic carbocycles. The number of esters is 1. The molecule has 0 aromatic rings. The summed E-state index contributed by atoms with van der Waals surface area (Å²) in [6.07, 6.45) is 18.8. The van der Waals surface area contributed by atoms with Crippen molar-refractivity contribution in [2.75, 3.05) is 6.61 Å². The summed E-state index contributed by atoms with van der Waals surface area (Å²) < 4.78 is 5.65. The number of nitrogens with one attached hydrogen (secondary N) is 1. The SMILES string of the molecule is [CH2][C@@H](CO)NC(=O)C[C@@H](CCCCCCCCCCC)OC(=O)CCCCCCCC. The molecule has 0 saturated carbocycles. The topological polar surface area (TPSA) is 75.6 Å². The molecule has 0 aliphatic heterocycles. The van der Waals surface area contributed by atoms with E-state index in [2.05, 4.69) is 26.1 Å². The molecule has 0 bridgehead atoms. The number of carbonyl (C=O) groups excluding carboxylic acids is 2. The number of ether oxygens (including phenoxy) is 1. The van der Waals surface area contributed by atoms with Gasteiger partial charge in [0.25, 0.3) is 0 Å². The van der Waals surface area contributed by atoms with E-state index in [1.807, 2.05) is 0 Å². The Bertz CT molecular complexity index is 428. The monoisotopic (exact) mass is 440 g/mol. The Morgan fingerprint density at radius 1 is 0.806 bits per heavy atom. The Labute approximate surface area is 192 Å². The molecule has 31 heavy (non-hydrogen) atoms. The molecule has 0 aliphatic carbocycles. The van der Waals surface area contributed by atoms with Crippen LogP contribution in [0.25, 0.3) is 0 Å². The summed E-state index contributed by atoms with van der Waals surface area (Å²) in [6, 6.07) is -0.528. The predicted octanol–water partition coefficient (Wildman–Crippen LogP) is 6.27. The molecule has 0 saturated heterocycles. The fourth-order valence-electron chi connectivity index (χ4n) is 3.72. The zero-order valence-corrected chi connectivity index (χ0v) is 20.5. The lowest BCUT2D eigenvalue weighted by molar-refractivity contribution is -0.151. The van der Waals surface area contributed by atoms with Crippen LogP contribution in [0.5, 0.6) is 0 Å². The van der Waals surface area contributed by atoms with Crippen molar-refractivity contribution < 1.29 is 19.4 Å². The van der Waals surface area contributed by atoms with Crippen molar-refractivity contribution in [1.29, 1.82) is 0 Å². The Hall–Kier alpha value is -1.10. The molecule has 1 radical (unpaired) electrons. The van der Waals surface area contributed by atoms with Gasteiger partial charge in [-0.3, -0.25) is 9.59 Å². The summed E-state index contributed by atoms with van der Waals surface area (Å²) in [5, 5.41) is 11.7. The number of amides is 1. The number of rotatable bonds is 22. The normalized spacial score (nSPS) is 13.0. The molecule has 2 atom stereocenters. The van der Waals surface area contributed by atoms with Crippen molar-refractivity contribution in [3.8, 4) is 0 Å². The minimum Gasteiger partial charge on any atom is -0.462 e. The molecule has 5 heteroatoms. The van der Waals surface area contributed by atoms with Gasteiger partial charge in [-0.05, 0) is 26.2 Å². The first-order chi connectivity index (χ1) is 15.0. The number of hydrogen-bond acceptors (Lipinski definition) is 4. The van der Waals surface area contributed by atoms with Gasteiger partial charge in [-0.2, -0.15) is 0 Å². The molecule has 0 heterocycles. The first-order valence-electron chi connectivity index (χ1n) is 13.0. The maximum Gasteiger partial charge on any atom is 0.306 e. The van der Waals surface area contributed by atoms with Crippen LogP contribution >= 0.6 is 0 Å². The first-order valence-corrected chi connectivity index (χ1v) is 13.0. The van der Waals surface area contributed by atoms with Crippen molar-refractivity contribution in [1.82, 2.24) is 5.32 Å². The molecular weight excluding hydrogens is 390 g/mol. The molecule has 2 N–H and O–H groups in total. The first kappa shape index (κ1) is 29.9. The quantitative estimate of drug-likeness (QED) is 0.154. The van der Waals surface area contributed by atoms with Gasteiger partial charge in [-0.1, -0.05) is 97.3 Å². The Morgan fingerprint density at radius 2 is 1.29 bits per heavy atom. The van der Waals surface area contributed by atoms with Crippen LogP contribution in [-0.2, 0) is 14.3 Å². The minimum atomic E-state index is -0.528. The van der Waals surface area contributed by atoms with Crippen molar-refractivity contribution >= 4 is 11.9 Å². The Kier molecular flexibility index (Phi) is 21.3. The fourth-order valence-corrected chi connectivity index (χ4v) is 3.72. The van der Waals surface area contributed by atoms with Gasteiger partial charge in [0.2, 0.25) is 5.91 Å². The predicted molar refractivity (Wildman–Crippen MR) is 129 cm³/mol. The van der Waals surface area contributed by atoms with Crippen LogP contribution in [0.15, 0.2) is 0 Å². The summed E-state index contributed by atoms with van der Waals surface area (Å²) in [5.41, 5.74) is 0. The summed E-state index contributed by atoms with van der Waals surface area (Å²) in [5.74, 6) is -0.417. The van der Waals surface area contributed by atoms with Gasteiger partial charge in [0, 0.05) is 6.42 Å². The lowest BCUT2D eigenvalue weighted by atomic mass is 10.0. The maximum atomic E-state index is 12.3. The highest BCUT2D eigenvalue weighted by Gasteiger charge is 2.19. The van der Waals surface area contributed by atoms with Crippen molar-refractivity contribution in [2.24, 2.45) is 0 Å². The van der Waals surface area contributed by atoms with E-state index in [-0.39, 0.29) is 31.0 Å². The van der Waals surface area contributed by atoms with Gasteiger partial charge >= 0.3 is 5.97 Å². The molecule has 0 spiro atoms. The Balaban J connectivity index is 4.20. The van der Waals surface area contributed by atoms with Crippen LogP contribution in [0.4, 0.5) is 0 Å². The van der Waals surface area contributed by atoms with Crippen LogP contribution in [0, 0.1) is 6.92 Å². The third-order valence-corrected chi connectivity index (χ3v) is 5.66. The third-order valence-electron chi connectivity index (χ3n) is 5.66. The largest absolute Gasteiger partial charge is 0.462 e. The highest BCUT2D eigenvalue weighted by molar-refractivity contribution is 5.77. The van der Waals surface area contributed by atoms with Crippen molar-refractivity contribution in [3.63, 3.8) is 0 Å². The third kappa shape index (κ3) is 20.6. The van der Waals surface area contributed by atoms with Gasteiger partial charge in [0.15, 0.2) is 0 Å². The van der Waals surface area contributed by atoms with E-state index in [1.54, 1.807) is 0 Å². The number of unbranched alkanes of at least 4 members (excludes halogenated alkanes) is 13. The molecule has 0 rings (SSSR count). The molecule has 0 unspecified atom stereocenters. The highest BCUT2D eigenvalue weighted by Crippen LogP contribution is 2.16. The molecule has 0 aromatic heterocycles. The van der Waals surface area contributed by atoms with E-state index < -0.39 is 6.04 Å². The zero-order valence-electron chi connectivity index (χ0n) is 20.5. The molecular formula is C26H50NO4. The average molecular weight is 441 g/mol. The standard InChI is InChI=1S/C26H50NO4/c1-4-6-8-10-12-13-14-15-17-19-24(21-25(29)27-23(3)22-28)31-26(30)20-18-16-11-9-7-5-2/h23-24,28H,3-22H2,1-2H3,(H,27,29)/t23-,24+/m0/s1. The van der Waals surface area contributed by atoms with Crippen LogP contribution in [0.1, 0.15) is 129 Å². The molecule has 0 aliphatic rings. The van der Waals surface area contributed by atoms with E-state index in [9.17, 15) is 9.59 Å². The molecule has 5 nitrogen and oxygen atoms in total. The van der Waals surface area contributed by atoms with Gasteiger partial charge in [0.1, 0.15) is 6.10 Å². The Morgan fingerprint density at radius 3 is 1.81 bits per heavy atom.